The van der Waals surface area contributed by atoms with E-state index >= 15 is 0 Å². The van der Waals surface area contributed by atoms with E-state index < -0.39 is 10.1 Å². The first-order valence-electron chi connectivity index (χ1n) is 20.2. The van der Waals surface area contributed by atoms with Gasteiger partial charge in [-0.3, -0.25) is 4.55 Å². The Morgan fingerprint density at radius 3 is 1.44 bits per heavy atom. The summed E-state index contributed by atoms with van der Waals surface area (Å²) < 4.78 is 34.9. The number of allylic oxidation sites excluding steroid dienone is 5. The van der Waals surface area contributed by atoms with Gasteiger partial charge in [-0.25, -0.2) is 4.99 Å². The third-order valence-electron chi connectivity index (χ3n) is 11.9. The molecule has 59 heavy (non-hydrogen) atoms. The summed E-state index contributed by atoms with van der Waals surface area (Å²) in [6.45, 7) is 21.9. The molecule has 1 aliphatic carbocycles. The molecule has 0 aromatic heterocycles. The van der Waals surface area contributed by atoms with Crippen molar-refractivity contribution in [1.82, 2.24) is 0 Å². The molecule has 6 rings (SSSR count). The van der Waals surface area contributed by atoms with Crippen LogP contribution in [0.4, 0.5) is 5.69 Å². The average Bonchev–Trinajstić information content (AvgIpc) is 3.14. The predicted octanol–water partition coefficient (Wildman–Crippen LogP) is 11.4. The van der Waals surface area contributed by atoms with Crippen LogP contribution in [0.1, 0.15) is 108 Å². The average molecular weight is 808 g/mol. The lowest BCUT2D eigenvalue weighted by atomic mass is 9.81. The summed E-state index contributed by atoms with van der Waals surface area (Å²) in [6, 6.07) is 23.0. The lowest BCUT2D eigenvalue weighted by Gasteiger charge is -2.24. The third kappa shape index (κ3) is 9.04. The highest BCUT2D eigenvalue weighted by Gasteiger charge is 2.24. The summed E-state index contributed by atoms with van der Waals surface area (Å²) in [7, 11) is -4.44. The van der Waals surface area contributed by atoms with Crippen LogP contribution < -0.4 is 0 Å². The maximum Gasteiger partial charge on any atom is 0.295 e. The highest BCUT2D eigenvalue weighted by Crippen LogP contribution is 2.39. The molecule has 0 saturated heterocycles. The normalized spacial score (nSPS) is 13.1. The summed E-state index contributed by atoms with van der Waals surface area (Å²) in [5.74, 6) is 0. The zero-order valence-corrected chi connectivity index (χ0v) is 37.2. The van der Waals surface area contributed by atoms with E-state index in [1.807, 2.05) is 19.1 Å². The van der Waals surface area contributed by atoms with Gasteiger partial charge in [-0.05, 0) is 219 Å². The van der Waals surface area contributed by atoms with E-state index in [2.05, 4.69) is 116 Å². The van der Waals surface area contributed by atoms with Gasteiger partial charge in [0.25, 0.3) is 10.1 Å². The molecular weight excluding hydrogens is 751 g/mol. The van der Waals surface area contributed by atoms with E-state index in [-0.39, 0.29) is 18.1 Å². The second-order valence-electron chi connectivity index (χ2n) is 16.6. The zero-order valence-electron chi connectivity index (χ0n) is 36.3. The topological polar surface area (TPSA) is 107 Å². The molecule has 0 fully saturated rings. The van der Waals surface area contributed by atoms with Crippen LogP contribution in [-0.2, 0) is 36.2 Å². The molecule has 0 amide bonds. The molecule has 1 aliphatic rings. The van der Waals surface area contributed by atoms with Gasteiger partial charge in [-0.15, -0.1) is 0 Å². The minimum absolute atomic E-state index is 0.0689. The summed E-state index contributed by atoms with van der Waals surface area (Å²) in [5, 5.41) is 21.7. The molecule has 306 valence electrons. The van der Waals surface area contributed by atoms with Gasteiger partial charge in [0.15, 0.2) is 0 Å². The van der Waals surface area contributed by atoms with Crippen molar-refractivity contribution in [3.63, 3.8) is 0 Å². The first-order valence-corrected chi connectivity index (χ1v) is 21.6. The molecular formula is C52H57NO5S. The number of rotatable bonds is 10. The Labute approximate surface area is 351 Å². The summed E-state index contributed by atoms with van der Waals surface area (Å²) in [6.07, 6.45) is 5.33. The van der Waals surface area contributed by atoms with Crippen molar-refractivity contribution in [2.24, 2.45) is 4.99 Å². The number of hydrogen-bond donors (Lipinski definition) is 3. The van der Waals surface area contributed by atoms with Crippen LogP contribution in [0.3, 0.4) is 0 Å². The van der Waals surface area contributed by atoms with Crippen molar-refractivity contribution < 1.29 is 23.2 Å². The second-order valence-corrected chi connectivity index (χ2v) is 18.0. The molecule has 0 unspecified atom stereocenters. The SMILES string of the molecule is CC1=CC(=Nc2c(C)cc(C)cc2C)C=C(C)C1=C(c1ccc(Cc2c(C)cc(C)cc2C)c(CO)c1)c1ccc(Cc2c(C)cc(C)c(S(=O)(=O)O)c2C)c(CO)c1. The molecule has 5 aromatic rings. The van der Waals surface area contributed by atoms with Gasteiger partial charge in [-0.2, -0.15) is 8.42 Å². The fraction of sp³-hybridized carbons (Fsp3) is 0.288. The highest BCUT2D eigenvalue weighted by molar-refractivity contribution is 7.86. The van der Waals surface area contributed by atoms with Crippen LogP contribution in [0.2, 0.25) is 0 Å². The van der Waals surface area contributed by atoms with Gasteiger partial charge in [-0.1, -0.05) is 65.7 Å². The zero-order chi connectivity index (χ0) is 43.1. The minimum atomic E-state index is -4.44. The maximum atomic E-state index is 12.4. The van der Waals surface area contributed by atoms with Crippen molar-refractivity contribution in [1.29, 1.82) is 0 Å². The molecule has 3 N–H and O–H groups in total. The van der Waals surface area contributed by atoms with E-state index in [1.54, 1.807) is 19.9 Å². The molecule has 5 aromatic carbocycles. The number of aryl methyl sites for hydroxylation is 8. The first kappa shape index (κ1) is 43.4. The third-order valence-corrected chi connectivity index (χ3v) is 13.0. The lowest BCUT2D eigenvalue weighted by molar-refractivity contribution is 0.280. The van der Waals surface area contributed by atoms with E-state index in [0.717, 1.165) is 83.8 Å². The maximum absolute atomic E-state index is 12.4. The number of hydrogen-bond acceptors (Lipinski definition) is 5. The Morgan fingerprint density at radius 2 is 0.983 bits per heavy atom. The van der Waals surface area contributed by atoms with Crippen molar-refractivity contribution in [2.45, 2.75) is 107 Å². The predicted molar refractivity (Wildman–Crippen MR) is 243 cm³/mol. The summed E-state index contributed by atoms with van der Waals surface area (Å²) >= 11 is 0. The van der Waals surface area contributed by atoms with Gasteiger partial charge < -0.3 is 10.2 Å². The Hall–Kier alpha value is -5.18. The number of aliphatic hydroxyl groups is 2. The quantitative estimate of drug-likeness (QED) is 0.122. The fourth-order valence-corrected chi connectivity index (χ4v) is 10.3. The Bertz CT molecular complexity index is 2690. The minimum Gasteiger partial charge on any atom is -0.392 e. The molecule has 0 bridgehead atoms. The van der Waals surface area contributed by atoms with Crippen LogP contribution in [0.15, 0.2) is 105 Å². The number of nitrogens with zero attached hydrogens (tertiary/aromatic N) is 1. The molecule has 0 aliphatic heterocycles. The largest absolute Gasteiger partial charge is 0.392 e. The summed E-state index contributed by atoms with van der Waals surface area (Å²) in [5.41, 5.74) is 22.4. The highest BCUT2D eigenvalue weighted by atomic mass is 32.2. The fourth-order valence-electron chi connectivity index (χ4n) is 9.28. The molecule has 0 atom stereocenters. The van der Waals surface area contributed by atoms with E-state index in [0.29, 0.717) is 29.5 Å². The number of aliphatic hydroxyl groups excluding tert-OH is 2. The molecule has 0 radical (unpaired) electrons. The van der Waals surface area contributed by atoms with Crippen LogP contribution in [0.25, 0.3) is 5.57 Å². The van der Waals surface area contributed by atoms with Crippen LogP contribution in [0, 0.1) is 62.3 Å². The van der Waals surface area contributed by atoms with Crippen LogP contribution in [0.5, 0.6) is 0 Å². The Balaban J connectivity index is 1.53. The molecule has 6 nitrogen and oxygen atoms in total. The molecule has 7 heteroatoms. The molecule has 0 saturated carbocycles. The molecule has 0 heterocycles. The standard InChI is InChI=1S/C52H57NO5S/c1-29-16-31(3)47(32(4)17-29)25-40-12-14-42(23-44(40)27-54)50(49-34(6)21-46(22-35(49)7)53-51-36(8)18-30(2)19-37(51)9)43-15-13-41(45(24-43)28-55)26-48-33(5)20-38(10)52(39(48)11)59(56,57)58/h12-24,54-55H,25-28H2,1-11H3,(H,56,57,58). The van der Waals surface area contributed by atoms with Crippen molar-refractivity contribution >= 4 is 27.1 Å². The van der Waals surface area contributed by atoms with E-state index in [4.69, 9.17) is 4.99 Å². The van der Waals surface area contributed by atoms with Gasteiger partial charge >= 0.3 is 0 Å². The van der Waals surface area contributed by atoms with Crippen LogP contribution >= 0.6 is 0 Å². The smallest absolute Gasteiger partial charge is 0.295 e. The van der Waals surface area contributed by atoms with Gasteiger partial charge in [0.05, 0.1) is 29.5 Å². The monoisotopic (exact) mass is 807 g/mol. The van der Waals surface area contributed by atoms with Crippen molar-refractivity contribution in [2.75, 3.05) is 0 Å². The molecule has 0 spiro atoms. The lowest BCUT2D eigenvalue weighted by Crippen LogP contribution is -2.10. The second kappa shape index (κ2) is 17.2. The van der Waals surface area contributed by atoms with Crippen molar-refractivity contribution in [3.05, 3.63) is 190 Å². The summed E-state index contributed by atoms with van der Waals surface area (Å²) in [4.78, 5) is 5.07. The van der Waals surface area contributed by atoms with Gasteiger partial charge in [0.2, 0.25) is 0 Å². The van der Waals surface area contributed by atoms with E-state index in [1.165, 1.54) is 27.8 Å². The van der Waals surface area contributed by atoms with E-state index in [9.17, 15) is 23.2 Å². The van der Waals surface area contributed by atoms with Gasteiger partial charge in [0.1, 0.15) is 0 Å². The number of benzene rings is 5. The number of aliphatic imine (C=N–C) groups is 1. The Morgan fingerprint density at radius 1 is 0.542 bits per heavy atom. The first-order chi connectivity index (χ1) is 27.8. The Kier molecular flexibility index (Phi) is 12.6. The van der Waals surface area contributed by atoms with Gasteiger partial charge in [0, 0.05) is 0 Å². The van der Waals surface area contributed by atoms with Crippen molar-refractivity contribution in [3.8, 4) is 0 Å². The van der Waals surface area contributed by atoms with Crippen LogP contribution in [-0.4, -0.2) is 28.9 Å².